The molecule has 3 heteroatoms. The highest BCUT2D eigenvalue weighted by atomic mass is 15.7. The Hall–Kier alpha value is -2.03. The summed E-state index contributed by atoms with van der Waals surface area (Å²) in [5.74, 6) is 0. The molecule has 3 nitrogen and oxygen atoms in total. The average molecular weight is 239 g/mol. The third-order valence-corrected chi connectivity index (χ3v) is 3.25. The highest BCUT2D eigenvalue weighted by Crippen LogP contribution is 2.35. The minimum atomic E-state index is 0.425. The number of aromatic nitrogens is 1. The van der Waals surface area contributed by atoms with Crippen LogP contribution in [0.5, 0.6) is 0 Å². The van der Waals surface area contributed by atoms with E-state index in [0.717, 1.165) is 12.2 Å². The summed E-state index contributed by atoms with van der Waals surface area (Å²) >= 11 is 0. The van der Waals surface area contributed by atoms with E-state index >= 15 is 0 Å². The summed E-state index contributed by atoms with van der Waals surface area (Å²) < 4.78 is 0. The zero-order chi connectivity index (χ0) is 12.5. The number of hydrazine groups is 1. The van der Waals surface area contributed by atoms with Crippen molar-refractivity contribution in [2.45, 2.75) is 26.4 Å². The average Bonchev–Trinajstić information content (AvgIpc) is 2.79. The third kappa shape index (κ3) is 1.72. The van der Waals surface area contributed by atoms with Crippen LogP contribution in [-0.2, 0) is 6.54 Å². The van der Waals surface area contributed by atoms with E-state index in [-0.39, 0.29) is 0 Å². The lowest BCUT2D eigenvalue weighted by molar-refractivity contribution is 0.664. The summed E-state index contributed by atoms with van der Waals surface area (Å²) in [5, 5.41) is 4.63. The van der Waals surface area contributed by atoms with Crippen LogP contribution in [0.2, 0.25) is 0 Å². The summed E-state index contributed by atoms with van der Waals surface area (Å²) in [6.07, 6.45) is 3.73. The van der Waals surface area contributed by atoms with Gasteiger partial charge in [-0.15, -0.1) is 0 Å². The summed E-state index contributed by atoms with van der Waals surface area (Å²) in [4.78, 5) is 4.22. The Balaban J connectivity index is 2.04. The molecule has 2 aromatic rings. The molecule has 0 saturated heterocycles. The van der Waals surface area contributed by atoms with Crippen molar-refractivity contribution < 1.29 is 0 Å². The quantitative estimate of drug-likeness (QED) is 0.802. The fourth-order valence-corrected chi connectivity index (χ4v) is 2.51. The minimum Gasteiger partial charge on any atom is -0.282 e. The van der Waals surface area contributed by atoms with E-state index in [0.29, 0.717) is 6.04 Å². The molecule has 92 valence electrons. The van der Waals surface area contributed by atoms with Crippen LogP contribution in [0.25, 0.3) is 0 Å². The Morgan fingerprint density at radius 1 is 1.11 bits per heavy atom. The lowest BCUT2D eigenvalue weighted by Gasteiger charge is -2.35. The molecule has 0 radical (unpaired) electrons. The first-order valence-corrected chi connectivity index (χ1v) is 6.32. The number of pyridine rings is 1. The summed E-state index contributed by atoms with van der Waals surface area (Å²) in [6.45, 7) is 5.34. The van der Waals surface area contributed by atoms with Crippen molar-refractivity contribution in [3.8, 4) is 0 Å². The van der Waals surface area contributed by atoms with Crippen LogP contribution in [0.4, 0.5) is 11.4 Å². The molecule has 0 N–H and O–H groups in total. The van der Waals surface area contributed by atoms with Crippen molar-refractivity contribution in [3.63, 3.8) is 0 Å². The van der Waals surface area contributed by atoms with Gasteiger partial charge in [-0.25, -0.2) is 0 Å². The predicted octanol–water partition coefficient (Wildman–Crippen LogP) is 3.23. The van der Waals surface area contributed by atoms with Gasteiger partial charge in [0, 0.05) is 12.2 Å². The van der Waals surface area contributed by atoms with Crippen LogP contribution >= 0.6 is 0 Å². The summed E-state index contributed by atoms with van der Waals surface area (Å²) in [7, 11) is 0. The van der Waals surface area contributed by atoms with Gasteiger partial charge in [-0.3, -0.25) is 15.0 Å². The van der Waals surface area contributed by atoms with Gasteiger partial charge >= 0.3 is 0 Å². The van der Waals surface area contributed by atoms with E-state index in [2.05, 4.69) is 59.2 Å². The molecule has 0 atom stereocenters. The second-order valence-electron chi connectivity index (χ2n) is 4.84. The highest BCUT2D eigenvalue weighted by Gasteiger charge is 2.28. The molecule has 0 aliphatic carbocycles. The number of benzene rings is 1. The Kier molecular flexibility index (Phi) is 2.67. The lowest BCUT2D eigenvalue weighted by Crippen LogP contribution is -2.42. The first-order valence-electron chi connectivity index (χ1n) is 6.32. The Morgan fingerprint density at radius 3 is 2.67 bits per heavy atom. The van der Waals surface area contributed by atoms with Gasteiger partial charge in [0.2, 0.25) is 0 Å². The van der Waals surface area contributed by atoms with Gasteiger partial charge in [-0.1, -0.05) is 18.2 Å². The first-order chi connectivity index (χ1) is 8.77. The van der Waals surface area contributed by atoms with E-state index < -0.39 is 0 Å². The monoisotopic (exact) mass is 239 g/mol. The summed E-state index contributed by atoms with van der Waals surface area (Å²) in [6, 6.07) is 13.1. The Labute approximate surface area is 108 Å². The maximum Gasteiger partial charge on any atom is 0.0761 e. The van der Waals surface area contributed by atoms with Crippen LogP contribution < -0.4 is 10.0 Å². The van der Waals surface area contributed by atoms with Gasteiger partial charge in [-0.05, 0) is 37.6 Å². The SMILES string of the molecule is CC(C)N1c2ccccc2CN1c1cccnc1. The highest BCUT2D eigenvalue weighted by molar-refractivity contribution is 5.67. The molecule has 1 aliphatic heterocycles. The fraction of sp³-hybridized carbons (Fsp3) is 0.267. The second kappa shape index (κ2) is 4.33. The Bertz CT molecular complexity index is 536. The molecular formula is C15H17N3. The Morgan fingerprint density at radius 2 is 1.94 bits per heavy atom. The zero-order valence-corrected chi connectivity index (χ0v) is 10.7. The van der Waals surface area contributed by atoms with Crippen molar-refractivity contribution in [1.82, 2.24) is 4.98 Å². The smallest absolute Gasteiger partial charge is 0.0761 e. The first kappa shape index (κ1) is 11.1. The van der Waals surface area contributed by atoms with Gasteiger partial charge in [0.25, 0.3) is 0 Å². The maximum atomic E-state index is 4.22. The van der Waals surface area contributed by atoms with Crippen molar-refractivity contribution in [2.75, 3.05) is 10.0 Å². The molecular weight excluding hydrogens is 222 g/mol. The molecule has 1 aromatic carbocycles. The standard InChI is InChI=1S/C15H17N3/c1-12(2)18-15-8-4-3-6-13(15)11-17(18)14-7-5-9-16-10-14/h3-10,12H,11H2,1-2H3. The molecule has 0 spiro atoms. The molecule has 2 heterocycles. The van der Waals surface area contributed by atoms with Crippen LogP contribution in [-0.4, -0.2) is 11.0 Å². The summed E-state index contributed by atoms with van der Waals surface area (Å²) in [5.41, 5.74) is 3.81. The van der Waals surface area contributed by atoms with E-state index in [1.807, 2.05) is 18.5 Å². The van der Waals surface area contributed by atoms with Crippen LogP contribution in [0.15, 0.2) is 48.8 Å². The van der Waals surface area contributed by atoms with E-state index in [1.165, 1.54) is 11.3 Å². The molecule has 1 aliphatic rings. The largest absolute Gasteiger partial charge is 0.282 e. The minimum absolute atomic E-state index is 0.425. The maximum absolute atomic E-state index is 4.22. The topological polar surface area (TPSA) is 19.4 Å². The number of fused-ring (bicyclic) bond motifs is 1. The van der Waals surface area contributed by atoms with Gasteiger partial charge in [0.1, 0.15) is 0 Å². The molecule has 0 saturated carbocycles. The second-order valence-corrected chi connectivity index (χ2v) is 4.84. The number of hydrogen-bond acceptors (Lipinski definition) is 3. The number of rotatable bonds is 2. The predicted molar refractivity (Wildman–Crippen MR) is 74.5 cm³/mol. The molecule has 0 amide bonds. The van der Waals surface area contributed by atoms with Gasteiger partial charge in [0.15, 0.2) is 0 Å². The van der Waals surface area contributed by atoms with Crippen LogP contribution in [0.1, 0.15) is 19.4 Å². The number of anilines is 2. The van der Waals surface area contributed by atoms with Gasteiger partial charge in [-0.2, -0.15) is 0 Å². The molecule has 0 bridgehead atoms. The molecule has 3 rings (SSSR count). The number of nitrogens with zero attached hydrogens (tertiary/aromatic N) is 3. The van der Waals surface area contributed by atoms with Crippen LogP contribution in [0, 0.1) is 0 Å². The lowest BCUT2D eigenvalue weighted by atomic mass is 10.2. The van der Waals surface area contributed by atoms with E-state index in [1.54, 1.807) is 0 Å². The van der Waals surface area contributed by atoms with Crippen molar-refractivity contribution in [3.05, 3.63) is 54.4 Å². The molecule has 0 fully saturated rings. The van der Waals surface area contributed by atoms with E-state index in [9.17, 15) is 0 Å². The zero-order valence-electron chi connectivity index (χ0n) is 10.7. The fourth-order valence-electron chi connectivity index (χ4n) is 2.51. The number of para-hydroxylation sites is 1. The van der Waals surface area contributed by atoms with Crippen LogP contribution in [0.3, 0.4) is 0 Å². The normalized spacial score (nSPS) is 14.2. The van der Waals surface area contributed by atoms with Gasteiger partial charge in [0.05, 0.1) is 24.1 Å². The number of hydrogen-bond donors (Lipinski definition) is 0. The molecule has 0 unspecified atom stereocenters. The third-order valence-electron chi connectivity index (χ3n) is 3.25. The molecule has 1 aromatic heterocycles. The van der Waals surface area contributed by atoms with Crippen molar-refractivity contribution in [1.29, 1.82) is 0 Å². The van der Waals surface area contributed by atoms with Gasteiger partial charge < -0.3 is 0 Å². The van der Waals surface area contributed by atoms with Crippen molar-refractivity contribution >= 4 is 11.4 Å². The molecule has 18 heavy (non-hydrogen) atoms. The van der Waals surface area contributed by atoms with E-state index in [4.69, 9.17) is 0 Å². The van der Waals surface area contributed by atoms with Crippen molar-refractivity contribution in [2.24, 2.45) is 0 Å².